The summed E-state index contributed by atoms with van der Waals surface area (Å²) in [6, 6.07) is 10.1. The van der Waals surface area contributed by atoms with Crippen LogP contribution in [0.25, 0.3) is 0 Å². The van der Waals surface area contributed by atoms with Gasteiger partial charge in [0, 0.05) is 34.9 Å². The number of hydrogen-bond acceptors (Lipinski definition) is 2. The molecule has 0 aliphatic rings. The molecule has 0 radical (unpaired) electrons. The Kier molecular flexibility index (Phi) is 4.28. The smallest absolute Gasteiger partial charge is 0.127 e. The van der Waals surface area contributed by atoms with E-state index in [2.05, 4.69) is 4.98 Å². The van der Waals surface area contributed by atoms with Gasteiger partial charge >= 0.3 is 0 Å². The molecule has 1 aromatic carbocycles. The van der Waals surface area contributed by atoms with Crippen molar-refractivity contribution in [1.29, 1.82) is 0 Å². The molecule has 18 heavy (non-hydrogen) atoms. The maximum Gasteiger partial charge on any atom is 0.127 e. The first-order chi connectivity index (χ1) is 8.66. The first-order valence-corrected chi connectivity index (χ1v) is 6.13. The zero-order chi connectivity index (χ0) is 13.0. The molecule has 1 atom stereocenters. The second-order valence-electron chi connectivity index (χ2n) is 4.19. The Bertz CT molecular complexity index is 496. The van der Waals surface area contributed by atoms with Crippen molar-refractivity contribution in [3.05, 3.63) is 64.7 Å². The van der Waals surface area contributed by atoms with Crippen LogP contribution in [0.5, 0.6) is 0 Å². The highest BCUT2D eigenvalue weighted by atomic mass is 35.5. The van der Waals surface area contributed by atoms with Crippen molar-refractivity contribution in [3.63, 3.8) is 0 Å². The fourth-order valence-electron chi connectivity index (χ4n) is 1.85. The summed E-state index contributed by atoms with van der Waals surface area (Å²) in [6.45, 7) is 0. The Morgan fingerprint density at radius 3 is 2.67 bits per heavy atom. The van der Waals surface area contributed by atoms with Gasteiger partial charge < -0.3 is 5.73 Å². The predicted molar refractivity (Wildman–Crippen MR) is 71.0 cm³/mol. The molecule has 2 N–H and O–H groups in total. The van der Waals surface area contributed by atoms with Gasteiger partial charge in [0.05, 0.1) is 0 Å². The zero-order valence-corrected chi connectivity index (χ0v) is 10.6. The molecule has 1 heterocycles. The van der Waals surface area contributed by atoms with E-state index in [9.17, 15) is 4.39 Å². The lowest BCUT2D eigenvalue weighted by molar-refractivity contribution is 0.582. The number of pyridine rings is 1. The molecule has 1 aromatic heterocycles. The van der Waals surface area contributed by atoms with Crippen molar-refractivity contribution >= 4 is 11.6 Å². The summed E-state index contributed by atoms with van der Waals surface area (Å²) >= 11 is 5.97. The minimum absolute atomic E-state index is 0.200. The number of nitrogens with two attached hydrogens (primary N) is 1. The minimum Gasteiger partial charge on any atom is -0.327 e. The minimum atomic E-state index is -0.307. The second kappa shape index (κ2) is 5.94. The van der Waals surface area contributed by atoms with E-state index in [1.807, 2.05) is 18.2 Å². The average molecular weight is 265 g/mol. The van der Waals surface area contributed by atoms with Gasteiger partial charge in [-0.3, -0.25) is 4.98 Å². The third-order valence-electron chi connectivity index (χ3n) is 2.73. The third kappa shape index (κ3) is 3.28. The van der Waals surface area contributed by atoms with Crippen LogP contribution in [0, 0.1) is 5.82 Å². The molecule has 1 unspecified atom stereocenters. The van der Waals surface area contributed by atoms with Crippen molar-refractivity contribution < 1.29 is 4.39 Å². The van der Waals surface area contributed by atoms with Crippen LogP contribution in [0.1, 0.15) is 11.3 Å². The molecule has 0 fully saturated rings. The maximum absolute atomic E-state index is 13.6. The summed E-state index contributed by atoms with van der Waals surface area (Å²) in [4.78, 5) is 4.20. The molecule has 0 saturated heterocycles. The number of hydrogen-bond donors (Lipinski definition) is 1. The molecule has 2 rings (SSSR count). The van der Waals surface area contributed by atoms with Crippen LogP contribution in [-0.4, -0.2) is 11.0 Å². The molecule has 0 amide bonds. The quantitative estimate of drug-likeness (QED) is 0.922. The lowest BCUT2D eigenvalue weighted by atomic mass is 10.0. The van der Waals surface area contributed by atoms with Crippen LogP contribution in [0.15, 0.2) is 42.6 Å². The van der Waals surface area contributed by atoms with Crippen molar-refractivity contribution in [1.82, 2.24) is 4.98 Å². The van der Waals surface area contributed by atoms with Crippen LogP contribution in [0.3, 0.4) is 0 Å². The SMILES string of the molecule is NC(Cc1ccccn1)Cc1c(F)cccc1Cl. The number of halogens is 2. The summed E-state index contributed by atoms with van der Waals surface area (Å²) in [5, 5.41) is 0.423. The van der Waals surface area contributed by atoms with Gasteiger partial charge in [-0.1, -0.05) is 23.7 Å². The van der Waals surface area contributed by atoms with Gasteiger partial charge in [-0.05, 0) is 30.7 Å². The Morgan fingerprint density at radius 2 is 2.00 bits per heavy atom. The topological polar surface area (TPSA) is 38.9 Å². The van der Waals surface area contributed by atoms with E-state index in [1.165, 1.54) is 6.07 Å². The summed E-state index contributed by atoms with van der Waals surface area (Å²) in [5.74, 6) is -0.307. The van der Waals surface area contributed by atoms with E-state index in [1.54, 1.807) is 18.3 Å². The first-order valence-electron chi connectivity index (χ1n) is 5.75. The summed E-state index contributed by atoms with van der Waals surface area (Å²) in [6.07, 6.45) is 2.73. The molecule has 2 aromatic rings. The van der Waals surface area contributed by atoms with Crippen LogP contribution in [0.2, 0.25) is 5.02 Å². The Balaban J connectivity index is 2.06. The standard InChI is InChI=1S/C14H14ClFN2/c15-13-5-3-6-14(16)12(13)9-10(17)8-11-4-1-2-7-18-11/h1-7,10H,8-9,17H2. The van der Waals surface area contributed by atoms with E-state index in [4.69, 9.17) is 17.3 Å². The molecule has 0 bridgehead atoms. The number of rotatable bonds is 4. The van der Waals surface area contributed by atoms with Gasteiger partial charge in [-0.15, -0.1) is 0 Å². The molecular weight excluding hydrogens is 251 g/mol. The van der Waals surface area contributed by atoms with Crippen LogP contribution in [-0.2, 0) is 12.8 Å². The van der Waals surface area contributed by atoms with Gasteiger partial charge in [0.15, 0.2) is 0 Å². The maximum atomic E-state index is 13.6. The van der Waals surface area contributed by atoms with Gasteiger partial charge in [0.2, 0.25) is 0 Å². The van der Waals surface area contributed by atoms with E-state index < -0.39 is 0 Å². The summed E-state index contributed by atoms with van der Waals surface area (Å²) in [7, 11) is 0. The first kappa shape index (κ1) is 13.0. The molecular formula is C14H14ClFN2. The van der Waals surface area contributed by atoms with E-state index in [0.29, 0.717) is 23.4 Å². The third-order valence-corrected chi connectivity index (χ3v) is 3.08. The second-order valence-corrected chi connectivity index (χ2v) is 4.60. The molecule has 2 nitrogen and oxygen atoms in total. The fraction of sp³-hybridized carbons (Fsp3) is 0.214. The van der Waals surface area contributed by atoms with Gasteiger partial charge in [-0.2, -0.15) is 0 Å². The normalized spacial score (nSPS) is 12.4. The Hall–Kier alpha value is -1.45. The lowest BCUT2D eigenvalue weighted by Gasteiger charge is -2.13. The molecule has 94 valence electrons. The number of benzene rings is 1. The van der Waals surface area contributed by atoms with Crippen molar-refractivity contribution in [2.45, 2.75) is 18.9 Å². The van der Waals surface area contributed by atoms with E-state index in [-0.39, 0.29) is 11.9 Å². The van der Waals surface area contributed by atoms with Crippen LogP contribution >= 0.6 is 11.6 Å². The molecule has 0 aliphatic heterocycles. The Morgan fingerprint density at radius 1 is 1.17 bits per heavy atom. The highest BCUT2D eigenvalue weighted by Gasteiger charge is 2.12. The average Bonchev–Trinajstić information content (AvgIpc) is 2.35. The summed E-state index contributed by atoms with van der Waals surface area (Å²) < 4.78 is 13.6. The van der Waals surface area contributed by atoms with E-state index in [0.717, 1.165) is 5.69 Å². The molecule has 4 heteroatoms. The van der Waals surface area contributed by atoms with Crippen LogP contribution in [0.4, 0.5) is 4.39 Å². The predicted octanol–water partition coefficient (Wildman–Crippen LogP) is 2.99. The number of nitrogens with zero attached hydrogens (tertiary/aromatic N) is 1. The summed E-state index contributed by atoms with van der Waals surface area (Å²) in [5.41, 5.74) is 7.39. The monoisotopic (exact) mass is 264 g/mol. The van der Waals surface area contributed by atoms with Crippen LogP contribution < -0.4 is 5.73 Å². The highest BCUT2D eigenvalue weighted by Crippen LogP contribution is 2.20. The lowest BCUT2D eigenvalue weighted by Crippen LogP contribution is -2.26. The van der Waals surface area contributed by atoms with Crippen molar-refractivity contribution in [2.24, 2.45) is 5.73 Å². The van der Waals surface area contributed by atoms with Gasteiger partial charge in [-0.25, -0.2) is 4.39 Å². The van der Waals surface area contributed by atoms with Gasteiger partial charge in [0.1, 0.15) is 5.82 Å². The van der Waals surface area contributed by atoms with Crippen molar-refractivity contribution in [3.8, 4) is 0 Å². The van der Waals surface area contributed by atoms with Gasteiger partial charge in [0.25, 0.3) is 0 Å². The molecule has 0 saturated carbocycles. The zero-order valence-electron chi connectivity index (χ0n) is 9.81. The highest BCUT2D eigenvalue weighted by molar-refractivity contribution is 6.31. The molecule has 0 aliphatic carbocycles. The largest absolute Gasteiger partial charge is 0.327 e. The fourth-order valence-corrected chi connectivity index (χ4v) is 2.09. The van der Waals surface area contributed by atoms with Crippen molar-refractivity contribution in [2.75, 3.05) is 0 Å². The van der Waals surface area contributed by atoms with E-state index >= 15 is 0 Å². The number of aromatic nitrogens is 1. The Labute approximate surface area is 111 Å². The molecule has 0 spiro atoms.